The van der Waals surface area contributed by atoms with Gasteiger partial charge in [-0.15, -0.1) is 34.8 Å². The molecule has 1 N–H and O–H groups in total. The molecule has 134 valence electrons. The number of nitrogens with zero attached hydrogens (tertiary/aromatic N) is 3. The standard InChI is InChI=1S/C19H20N4OS2/c1-3-10-23-18(16(21-22-23)13-26-17-5-4-11-25-17)19(24)20-12-15-8-6-14(2)7-9-15/h3-9,11H,1,10,12-13H2,2H3,(H,20,24). The van der Waals surface area contributed by atoms with E-state index in [1.54, 1.807) is 33.9 Å². The fourth-order valence-electron chi connectivity index (χ4n) is 2.40. The summed E-state index contributed by atoms with van der Waals surface area (Å²) in [5.74, 6) is 0.435. The zero-order valence-electron chi connectivity index (χ0n) is 14.5. The zero-order valence-corrected chi connectivity index (χ0v) is 16.1. The lowest BCUT2D eigenvalue weighted by atomic mass is 10.1. The first-order chi connectivity index (χ1) is 12.7. The Kier molecular flexibility index (Phi) is 6.25. The van der Waals surface area contributed by atoms with Gasteiger partial charge < -0.3 is 5.32 Å². The molecule has 0 bridgehead atoms. The van der Waals surface area contributed by atoms with Crippen molar-refractivity contribution in [1.29, 1.82) is 0 Å². The van der Waals surface area contributed by atoms with Crippen LogP contribution in [0.1, 0.15) is 27.3 Å². The third kappa shape index (κ3) is 4.62. The normalized spacial score (nSPS) is 10.7. The molecule has 0 saturated heterocycles. The molecular formula is C19H20N4OS2. The lowest BCUT2D eigenvalue weighted by Crippen LogP contribution is -2.26. The molecule has 0 aliphatic rings. The predicted octanol–water partition coefficient (Wildman–Crippen LogP) is 4.06. The maximum Gasteiger partial charge on any atom is 0.271 e. The van der Waals surface area contributed by atoms with E-state index in [0.29, 0.717) is 30.2 Å². The van der Waals surface area contributed by atoms with Crippen molar-refractivity contribution in [3.8, 4) is 0 Å². The Bertz CT molecular complexity index is 870. The lowest BCUT2D eigenvalue weighted by molar-refractivity contribution is 0.0940. The minimum Gasteiger partial charge on any atom is -0.347 e. The van der Waals surface area contributed by atoms with E-state index >= 15 is 0 Å². The van der Waals surface area contributed by atoms with Crippen molar-refractivity contribution in [3.63, 3.8) is 0 Å². The van der Waals surface area contributed by atoms with Crippen LogP contribution in [0.5, 0.6) is 0 Å². The van der Waals surface area contributed by atoms with E-state index in [9.17, 15) is 4.79 Å². The number of aryl methyl sites for hydroxylation is 1. The number of amides is 1. The minimum atomic E-state index is -0.167. The van der Waals surface area contributed by atoms with E-state index in [0.717, 1.165) is 5.56 Å². The highest BCUT2D eigenvalue weighted by Crippen LogP contribution is 2.27. The van der Waals surface area contributed by atoms with E-state index in [1.165, 1.54) is 9.77 Å². The Morgan fingerprint density at radius 3 is 2.85 bits per heavy atom. The Labute approximate surface area is 161 Å². The summed E-state index contributed by atoms with van der Waals surface area (Å²) < 4.78 is 2.79. The number of allylic oxidation sites excluding steroid dienone is 1. The molecule has 3 aromatic rings. The molecule has 0 unspecified atom stereocenters. The topological polar surface area (TPSA) is 59.8 Å². The molecule has 3 rings (SSSR count). The van der Waals surface area contributed by atoms with Crippen LogP contribution in [0.15, 0.2) is 58.6 Å². The molecule has 2 aromatic heterocycles. The van der Waals surface area contributed by atoms with Crippen LogP contribution in [0.3, 0.4) is 0 Å². The number of hydrogen-bond donors (Lipinski definition) is 1. The molecule has 0 radical (unpaired) electrons. The van der Waals surface area contributed by atoms with Gasteiger partial charge in [-0.05, 0) is 23.9 Å². The number of rotatable bonds is 8. The van der Waals surface area contributed by atoms with Gasteiger partial charge in [-0.3, -0.25) is 4.79 Å². The number of thiophene rings is 1. The molecule has 26 heavy (non-hydrogen) atoms. The Hall–Kier alpha value is -2.38. The van der Waals surface area contributed by atoms with E-state index in [2.05, 4.69) is 28.3 Å². The van der Waals surface area contributed by atoms with Crippen LogP contribution in [0, 0.1) is 6.92 Å². The Morgan fingerprint density at radius 2 is 2.15 bits per heavy atom. The maximum atomic E-state index is 12.8. The Balaban J connectivity index is 1.72. The Morgan fingerprint density at radius 1 is 1.35 bits per heavy atom. The second-order valence-corrected chi connectivity index (χ2v) is 7.97. The van der Waals surface area contributed by atoms with Crippen LogP contribution in [0.25, 0.3) is 0 Å². The van der Waals surface area contributed by atoms with Gasteiger partial charge in [-0.2, -0.15) is 0 Å². The molecule has 1 aromatic carbocycles. The molecule has 0 aliphatic heterocycles. The molecule has 0 saturated carbocycles. The van der Waals surface area contributed by atoms with E-state index < -0.39 is 0 Å². The van der Waals surface area contributed by atoms with Gasteiger partial charge in [0.2, 0.25) is 0 Å². The second kappa shape index (κ2) is 8.82. The third-order valence-corrected chi connectivity index (χ3v) is 5.88. The second-order valence-electron chi connectivity index (χ2n) is 5.74. The average Bonchev–Trinajstić information content (AvgIpc) is 3.29. The van der Waals surface area contributed by atoms with Crippen molar-refractivity contribution in [2.45, 2.75) is 30.0 Å². The molecular weight excluding hydrogens is 364 g/mol. The fourth-order valence-corrected chi connectivity index (χ4v) is 4.11. The van der Waals surface area contributed by atoms with Crippen molar-refractivity contribution < 1.29 is 4.79 Å². The predicted molar refractivity (Wildman–Crippen MR) is 106 cm³/mol. The summed E-state index contributed by atoms with van der Waals surface area (Å²) in [7, 11) is 0. The summed E-state index contributed by atoms with van der Waals surface area (Å²) in [4.78, 5) is 12.8. The summed E-state index contributed by atoms with van der Waals surface area (Å²) in [6.45, 7) is 6.69. The van der Waals surface area contributed by atoms with Crippen LogP contribution >= 0.6 is 23.1 Å². The SMILES string of the molecule is C=CCn1nnc(CSc2cccs2)c1C(=O)NCc1ccc(C)cc1. The summed E-state index contributed by atoms with van der Waals surface area (Å²) in [6.07, 6.45) is 1.71. The summed E-state index contributed by atoms with van der Waals surface area (Å²) >= 11 is 3.33. The minimum absolute atomic E-state index is 0.167. The fraction of sp³-hybridized carbons (Fsp3) is 0.211. The van der Waals surface area contributed by atoms with Gasteiger partial charge in [0.15, 0.2) is 5.69 Å². The summed E-state index contributed by atoms with van der Waals surface area (Å²) in [6, 6.07) is 12.2. The lowest BCUT2D eigenvalue weighted by Gasteiger charge is -2.08. The molecule has 2 heterocycles. The van der Waals surface area contributed by atoms with E-state index in [1.807, 2.05) is 42.6 Å². The summed E-state index contributed by atoms with van der Waals surface area (Å²) in [5.41, 5.74) is 3.44. The summed E-state index contributed by atoms with van der Waals surface area (Å²) in [5, 5.41) is 13.3. The number of thioether (sulfide) groups is 1. The molecule has 7 heteroatoms. The first kappa shape index (κ1) is 18.4. The van der Waals surface area contributed by atoms with Gasteiger partial charge >= 0.3 is 0 Å². The largest absolute Gasteiger partial charge is 0.347 e. The highest BCUT2D eigenvalue weighted by Gasteiger charge is 2.20. The van der Waals surface area contributed by atoms with Gasteiger partial charge in [0, 0.05) is 12.3 Å². The molecule has 1 amide bonds. The number of carbonyl (C=O) groups excluding carboxylic acids is 1. The monoisotopic (exact) mass is 384 g/mol. The molecule has 0 fully saturated rings. The highest BCUT2D eigenvalue weighted by atomic mass is 32.2. The zero-order chi connectivity index (χ0) is 18.4. The number of benzene rings is 1. The van der Waals surface area contributed by atoms with Gasteiger partial charge in [-0.25, -0.2) is 4.68 Å². The van der Waals surface area contributed by atoms with Crippen molar-refractivity contribution >= 4 is 29.0 Å². The van der Waals surface area contributed by atoms with Crippen molar-refractivity contribution in [2.75, 3.05) is 0 Å². The van der Waals surface area contributed by atoms with Gasteiger partial charge in [-0.1, -0.05) is 47.2 Å². The number of hydrogen-bond acceptors (Lipinski definition) is 5. The first-order valence-electron chi connectivity index (χ1n) is 8.20. The van der Waals surface area contributed by atoms with Gasteiger partial charge in [0.05, 0.1) is 10.8 Å². The smallest absolute Gasteiger partial charge is 0.271 e. The maximum absolute atomic E-state index is 12.8. The van der Waals surface area contributed by atoms with E-state index in [-0.39, 0.29) is 5.91 Å². The number of carbonyl (C=O) groups is 1. The molecule has 0 spiro atoms. The van der Waals surface area contributed by atoms with Crippen LogP contribution in [-0.2, 0) is 18.8 Å². The quantitative estimate of drug-likeness (QED) is 0.470. The number of nitrogens with one attached hydrogen (secondary N) is 1. The van der Waals surface area contributed by atoms with Crippen LogP contribution < -0.4 is 5.32 Å². The highest BCUT2D eigenvalue weighted by molar-refractivity contribution is 8.00. The van der Waals surface area contributed by atoms with Gasteiger partial charge in [0.1, 0.15) is 5.69 Å². The molecule has 5 nitrogen and oxygen atoms in total. The van der Waals surface area contributed by atoms with Crippen LogP contribution in [0.4, 0.5) is 0 Å². The first-order valence-corrected chi connectivity index (χ1v) is 10.1. The van der Waals surface area contributed by atoms with Crippen molar-refractivity contribution in [3.05, 3.63) is 76.9 Å². The van der Waals surface area contributed by atoms with Crippen molar-refractivity contribution in [1.82, 2.24) is 20.3 Å². The third-order valence-electron chi connectivity index (χ3n) is 3.74. The van der Waals surface area contributed by atoms with E-state index in [4.69, 9.17) is 0 Å². The molecule has 0 atom stereocenters. The van der Waals surface area contributed by atoms with Crippen LogP contribution in [-0.4, -0.2) is 20.9 Å². The molecule has 0 aliphatic carbocycles. The average molecular weight is 385 g/mol. The van der Waals surface area contributed by atoms with Crippen molar-refractivity contribution in [2.24, 2.45) is 0 Å². The van der Waals surface area contributed by atoms with Gasteiger partial charge in [0.25, 0.3) is 5.91 Å². The van der Waals surface area contributed by atoms with Crippen LogP contribution in [0.2, 0.25) is 0 Å². The number of aromatic nitrogens is 3.